The Morgan fingerprint density at radius 3 is 3.00 bits per heavy atom. The number of hydrogen-bond donors (Lipinski definition) is 3. The van der Waals surface area contributed by atoms with Gasteiger partial charge in [0.1, 0.15) is 6.23 Å². The van der Waals surface area contributed by atoms with E-state index in [-0.39, 0.29) is 18.9 Å². The zero-order valence-corrected chi connectivity index (χ0v) is 7.27. The number of carbonyl (C=O) groups excluding carboxylic acids is 1. The number of aliphatic hydroxyl groups is 1. The fraction of sp³-hybridized carbons (Fsp3) is 0.625. The minimum absolute atomic E-state index is 0.0394. The summed E-state index contributed by atoms with van der Waals surface area (Å²) in [5.41, 5.74) is 4.88. The van der Waals surface area contributed by atoms with Crippen LogP contribution >= 0.6 is 0 Å². The van der Waals surface area contributed by atoms with Gasteiger partial charge in [-0.05, 0) is 12.8 Å². The summed E-state index contributed by atoms with van der Waals surface area (Å²) in [6.45, 7) is 0.0394. The second-order valence-corrected chi connectivity index (χ2v) is 2.91. The van der Waals surface area contributed by atoms with Gasteiger partial charge in [-0.25, -0.2) is 0 Å². The first kappa shape index (κ1) is 10.0. The molecule has 4 N–H and O–H groups in total. The maximum Gasteiger partial charge on any atom is 0.242 e. The summed E-state index contributed by atoms with van der Waals surface area (Å²) in [7, 11) is 0. The number of hydrogen-bond acceptors (Lipinski definition) is 4. The van der Waals surface area contributed by atoms with Gasteiger partial charge in [-0.1, -0.05) is 0 Å². The van der Waals surface area contributed by atoms with Gasteiger partial charge in [0, 0.05) is 12.3 Å². The number of nitrogens with two attached hydrogens (primary N) is 1. The van der Waals surface area contributed by atoms with Crippen molar-refractivity contribution in [1.29, 1.82) is 0 Å². The van der Waals surface area contributed by atoms with Crippen LogP contribution in [-0.4, -0.2) is 30.0 Å². The van der Waals surface area contributed by atoms with Gasteiger partial charge in [-0.3, -0.25) is 4.79 Å². The molecule has 1 heterocycles. The standard InChI is InChI=1S/C8H14N2O3/c9-7(12)3-4-10-8-2-1-6(5-11)13-8/h3-4,6,8,10-11H,1-2,5H2,(H2,9,12)/b4-3-/t6-,8+/m0/s1. The van der Waals surface area contributed by atoms with Crippen molar-refractivity contribution in [3.8, 4) is 0 Å². The monoisotopic (exact) mass is 186 g/mol. The molecule has 0 aromatic carbocycles. The van der Waals surface area contributed by atoms with Gasteiger partial charge in [0.05, 0.1) is 12.7 Å². The summed E-state index contributed by atoms with van der Waals surface area (Å²) >= 11 is 0. The minimum Gasteiger partial charge on any atom is -0.394 e. The molecule has 0 bridgehead atoms. The van der Waals surface area contributed by atoms with E-state index in [1.807, 2.05) is 0 Å². The third-order valence-corrected chi connectivity index (χ3v) is 1.84. The largest absolute Gasteiger partial charge is 0.394 e. The Balaban J connectivity index is 2.20. The van der Waals surface area contributed by atoms with E-state index in [1.165, 1.54) is 12.3 Å². The van der Waals surface area contributed by atoms with Gasteiger partial charge in [0.2, 0.25) is 5.91 Å². The summed E-state index contributed by atoms with van der Waals surface area (Å²) in [5.74, 6) is -0.496. The van der Waals surface area contributed by atoms with Crippen LogP contribution in [0.4, 0.5) is 0 Å². The zero-order chi connectivity index (χ0) is 9.68. The van der Waals surface area contributed by atoms with Gasteiger partial charge in [-0.15, -0.1) is 0 Å². The van der Waals surface area contributed by atoms with Gasteiger partial charge < -0.3 is 20.9 Å². The molecule has 0 aromatic rings. The molecule has 13 heavy (non-hydrogen) atoms. The van der Waals surface area contributed by atoms with Crippen molar-refractivity contribution in [2.24, 2.45) is 5.73 Å². The molecule has 0 aliphatic carbocycles. The molecule has 74 valence electrons. The molecule has 1 rings (SSSR count). The normalized spacial score (nSPS) is 28.1. The van der Waals surface area contributed by atoms with Gasteiger partial charge in [-0.2, -0.15) is 0 Å². The van der Waals surface area contributed by atoms with E-state index in [1.54, 1.807) is 0 Å². The van der Waals surface area contributed by atoms with E-state index >= 15 is 0 Å². The van der Waals surface area contributed by atoms with Crippen molar-refractivity contribution in [2.45, 2.75) is 25.2 Å². The first-order valence-electron chi connectivity index (χ1n) is 4.20. The van der Waals surface area contributed by atoms with Crippen molar-refractivity contribution in [3.63, 3.8) is 0 Å². The number of amides is 1. The van der Waals surface area contributed by atoms with Crippen LogP contribution in [0.3, 0.4) is 0 Å². The Bertz CT molecular complexity index is 206. The highest BCUT2D eigenvalue weighted by Gasteiger charge is 2.23. The molecule has 0 saturated carbocycles. The predicted octanol–water partition coefficient (Wildman–Crippen LogP) is -0.928. The van der Waals surface area contributed by atoms with Gasteiger partial charge >= 0.3 is 0 Å². The number of primary amides is 1. The van der Waals surface area contributed by atoms with Crippen LogP contribution in [0.5, 0.6) is 0 Å². The highest BCUT2D eigenvalue weighted by Crippen LogP contribution is 2.16. The van der Waals surface area contributed by atoms with Crippen LogP contribution in [0.2, 0.25) is 0 Å². The molecule has 1 fully saturated rings. The van der Waals surface area contributed by atoms with Gasteiger partial charge in [0.15, 0.2) is 0 Å². The molecule has 5 heteroatoms. The quantitative estimate of drug-likeness (QED) is 0.495. The maximum absolute atomic E-state index is 10.3. The number of nitrogens with one attached hydrogen (secondary N) is 1. The molecule has 1 aliphatic rings. The highest BCUT2D eigenvalue weighted by atomic mass is 16.5. The third kappa shape index (κ3) is 3.43. The van der Waals surface area contributed by atoms with Crippen molar-refractivity contribution in [2.75, 3.05) is 6.61 Å². The van der Waals surface area contributed by atoms with Crippen LogP contribution < -0.4 is 11.1 Å². The average Bonchev–Trinajstić information content (AvgIpc) is 2.52. The first-order chi connectivity index (χ1) is 6.22. The molecular formula is C8H14N2O3. The molecular weight excluding hydrogens is 172 g/mol. The van der Waals surface area contributed by atoms with Crippen molar-refractivity contribution in [3.05, 3.63) is 12.3 Å². The van der Waals surface area contributed by atoms with E-state index < -0.39 is 5.91 Å². The van der Waals surface area contributed by atoms with E-state index in [9.17, 15) is 4.79 Å². The maximum atomic E-state index is 10.3. The van der Waals surface area contributed by atoms with Crippen LogP contribution in [0.15, 0.2) is 12.3 Å². The highest BCUT2D eigenvalue weighted by molar-refractivity contribution is 5.85. The Morgan fingerprint density at radius 1 is 1.69 bits per heavy atom. The Labute approximate surface area is 76.6 Å². The molecule has 1 amide bonds. The predicted molar refractivity (Wildman–Crippen MR) is 46.5 cm³/mol. The molecule has 5 nitrogen and oxygen atoms in total. The summed E-state index contributed by atoms with van der Waals surface area (Å²) < 4.78 is 5.33. The van der Waals surface area contributed by atoms with Gasteiger partial charge in [0.25, 0.3) is 0 Å². The van der Waals surface area contributed by atoms with Crippen LogP contribution in [0, 0.1) is 0 Å². The lowest BCUT2D eigenvalue weighted by Crippen LogP contribution is -2.25. The summed E-state index contributed by atoms with van der Waals surface area (Å²) in [5, 5.41) is 11.6. The topological polar surface area (TPSA) is 84.6 Å². The van der Waals surface area contributed by atoms with Crippen molar-refractivity contribution < 1.29 is 14.6 Å². The Kier molecular flexibility index (Phi) is 3.72. The summed E-state index contributed by atoms with van der Waals surface area (Å²) in [4.78, 5) is 10.3. The Morgan fingerprint density at radius 2 is 2.46 bits per heavy atom. The van der Waals surface area contributed by atoms with E-state index in [0.29, 0.717) is 0 Å². The molecule has 0 spiro atoms. The fourth-order valence-corrected chi connectivity index (χ4v) is 1.20. The number of carbonyl (C=O) groups is 1. The van der Waals surface area contributed by atoms with Crippen LogP contribution in [0.1, 0.15) is 12.8 Å². The minimum atomic E-state index is -0.496. The molecule has 0 aromatic heterocycles. The summed E-state index contributed by atoms with van der Waals surface area (Å²) in [6, 6.07) is 0. The smallest absolute Gasteiger partial charge is 0.242 e. The molecule has 0 radical (unpaired) electrons. The number of aliphatic hydroxyl groups excluding tert-OH is 1. The zero-order valence-electron chi connectivity index (χ0n) is 7.27. The summed E-state index contributed by atoms with van der Waals surface area (Å²) in [6.07, 6.45) is 4.15. The fourth-order valence-electron chi connectivity index (χ4n) is 1.20. The lowest BCUT2D eigenvalue weighted by Gasteiger charge is -2.11. The van der Waals surface area contributed by atoms with E-state index in [0.717, 1.165) is 12.8 Å². The lowest BCUT2D eigenvalue weighted by atomic mass is 10.2. The second-order valence-electron chi connectivity index (χ2n) is 2.91. The molecule has 0 unspecified atom stereocenters. The first-order valence-corrected chi connectivity index (χ1v) is 4.20. The second kappa shape index (κ2) is 4.84. The lowest BCUT2D eigenvalue weighted by molar-refractivity contribution is -0.113. The number of rotatable bonds is 4. The molecule has 1 saturated heterocycles. The van der Waals surface area contributed by atoms with Crippen LogP contribution in [-0.2, 0) is 9.53 Å². The molecule has 1 aliphatic heterocycles. The Hall–Kier alpha value is -1.07. The average molecular weight is 186 g/mol. The van der Waals surface area contributed by atoms with E-state index in [4.69, 9.17) is 15.6 Å². The van der Waals surface area contributed by atoms with Crippen molar-refractivity contribution in [1.82, 2.24) is 5.32 Å². The van der Waals surface area contributed by atoms with Crippen LogP contribution in [0.25, 0.3) is 0 Å². The third-order valence-electron chi connectivity index (χ3n) is 1.84. The molecule has 2 atom stereocenters. The van der Waals surface area contributed by atoms with Crippen molar-refractivity contribution >= 4 is 5.91 Å². The SMILES string of the molecule is NC(=O)/C=C\N[C@H]1CC[C@@H](CO)O1. The number of ether oxygens (including phenoxy) is 1. The van der Waals surface area contributed by atoms with E-state index in [2.05, 4.69) is 5.32 Å².